The molecule has 0 aliphatic heterocycles. The first-order valence-corrected chi connectivity index (χ1v) is 15.3. The second kappa shape index (κ2) is 25.6. The molecule has 1 amide bonds. The van der Waals surface area contributed by atoms with Gasteiger partial charge in [0.05, 0.1) is 64.4 Å². The number of nitrogens with zero attached hydrogens (tertiary/aromatic N) is 2. The highest BCUT2D eigenvalue weighted by Crippen LogP contribution is 2.13. The van der Waals surface area contributed by atoms with Crippen molar-refractivity contribution in [1.82, 2.24) is 5.32 Å². The normalized spacial score (nSPS) is 11.9. The highest BCUT2D eigenvalue weighted by atomic mass is 16.4. The average molecular weight is 546 g/mol. The molecule has 0 saturated carbocycles. The van der Waals surface area contributed by atoms with Crippen LogP contribution in [0.2, 0.25) is 0 Å². The van der Waals surface area contributed by atoms with Gasteiger partial charge in [-0.2, -0.15) is 0 Å². The van der Waals surface area contributed by atoms with Crippen LogP contribution >= 0.6 is 0 Å². The van der Waals surface area contributed by atoms with Crippen LogP contribution < -0.4 is 15.5 Å². The number of amides is 1. The summed E-state index contributed by atoms with van der Waals surface area (Å²) < 4.78 is 2.75. The molecule has 0 aliphatic rings. The maximum atomic E-state index is 10.3. The van der Waals surface area contributed by atoms with Crippen molar-refractivity contribution in [3.8, 4) is 0 Å². The minimum absolute atomic E-state index is 0.634. The number of carbonyl (C=O) groups excluding carboxylic acids is 3. The summed E-state index contributed by atoms with van der Waals surface area (Å²) in [4.78, 5) is 30.4. The number of carboxylic acids is 2. The molecule has 8 nitrogen and oxygen atoms in total. The Morgan fingerprint density at radius 1 is 0.553 bits per heavy atom. The predicted octanol–water partition coefficient (Wildman–Crippen LogP) is 3.27. The third-order valence-corrected chi connectivity index (χ3v) is 6.62. The van der Waals surface area contributed by atoms with Crippen LogP contribution in [0.5, 0.6) is 0 Å². The molecule has 0 spiro atoms. The van der Waals surface area contributed by atoms with E-state index in [2.05, 4.69) is 55.4 Å². The lowest BCUT2D eigenvalue weighted by molar-refractivity contribution is -0.928. The van der Waals surface area contributed by atoms with Crippen molar-refractivity contribution < 1.29 is 33.6 Å². The molecule has 0 fully saturated rings. The summed E-state index contributed by atoms with van der Waals surface area (Å²) in [6, 6.07) is -1.52. The van der Waals surface area contributed by atoms with E-state index in [9.17, 15) is 24.6 Å². The predicted molar refractivity (Wildman–Crippen MR) is 154 cm³/mol. The molecule has 1 N–H and O–H groups in total. The van der Waals surface area contributed by atoms with E-state index >= 15 is 0 Å². The molecular weight excluding hydrogens is 482 g/mol. The van der Waals surface area contributed by atoms with Gasteiger partial charge in [0.1, 0.15) is 0 Å². The first kappa shape index (κ1) is 40.8. The maximum absolute atomic E-state index is 10.3. The van der Waals surface area contributed by atoms with Gasteiger partial charge in [0, 0.05) is 19.3 Å². The number of hydrogen-bond donors (Lipinski definition) is 1. The Kier molecular flexibility index (Phi) is 27.5. The van der Waals surface area contributed by atoms with E-state index in [0.717, 1.165) is 6.92 Å². The molecule has 0 aromatic heterocycles. The van der Waals surface area contributed by atoms with Gasteiger partial charge in [-0.15, -0.1) is 0 Å². The van der Waals surface area contributed by atoms with Crippen LogP contribution in [-0.2, 0) is 14.4 Å². The van der Waals surface area contributed by atoms with Gasteiger partial charge in [0.25, 0.3) is 0 Å². The van der Waals surface area contributed by atoms with Gasteiger partial charge in [0.15, 0.2) is 0 Å². The lowest BCUT2D eigenvalue weighted by Gasteiger charge is -2.38. The molecule has 0 radical (unpaired) electrons. The lowest BCUT2D eigenvalue weighted by Crippen LogP contribution is -2.50. The van der Waals surface area contributed by atoms with E-state index in [4.69, 9.17) is 0 Å². The molecule has 0 unspecified atom stereocenters. The summed E-state index contributed by atoms with van der Waals surface area (Å²) in [5, 5.41) is 22.0. The summed E-state index contributed by atoms with van der Waals surface area (Å²) in [5.74, 6) is -3.84. The van der Waals surface area contributed by atoms with Gasteiger partial charge in [-0.25, -0.2) is 0 Å². The summed E-state index contributed by atoms with van der Waals surface area (Å²) in [7, 11) is 0. The Balaban J connectivity index is -0.000000484. The molecule has 0 rings (SSSR count). The standard InChI is InChI=1S/2C12H28N.C6H9NO5/c2*1-5-9-13(10-6-2,11-7-3)12-8-4;1-3(8)7-4(6(11)12)2-5(9)10/h2*5-12H2,1-4H3;4H,2H2,1H3,(H,7,8)(H,9,10)(H,11,12)/q2*+1;/p-2/t;;4-/m..0/s1. The number of hydrogen-bond acceptors (Lipinski definition) is 5. The van der Waals surface area contributed by atoms with E-state index in [1.807, 2.05) is 5.32 Å². The Bertz CT molecular complexity index is 495. The van der Waals surface area contributed by atoms with Crippen LogP contribution in [0.1, 0.15) is 120 Å². The summed E-state index contributed by atoms with van der Waals surface area (Å²) in [6.45, 7) is 30.7. The molecule has 0 saturated heterocycles. The van der Waals surface area contributed by atoms with Crippen molar-refractivity contribution in [2.24, 2.45) is 0 Å². The van der Waals surface area contributed by atoms with Crippen LogP contribution in [0.4, 0.5) is 0 Å². The molecule has 1 atom stereocenters. The summed E-state index contributed by atoms with van der Waals surface area (Å²) in [6.07, 6.45) is 9.88. The second-order valence-corrected chi connectivity index (χ2v) is 10.6. The van der Waals surface area contributed by atoms with E-state index in [0.29, 0.717) is 0 Å². The lowest BCUT2D eigenvalue weighted by atomic mass is 10.2. The molecule has 0 aliphatic carbocycles. The van der Waals surface area contributed by atoms with Gasteiger partial charge in [-0.3, -0.25) is 4.79 Å². The van der Waals surface area contributed by atoms with Crippen molar-refractivity contribution in [1.29, 1.82) is 0 Å². The zero-order chi connectivity index (χ0) is 30.0. The fourth-order valence-corrected chi connectivity index (χ4v) is 5.74. The highest BCUT2D eigenvalue weighted by molar-refractivity contribution is 5.84. The number of quaternary nitrogens is 2. The molecule has 0 bridgehead atoms. The monoisotopic (exact) mass is 545 g/mol. The maximum Gasteiger partial charge on any atom is 0.217 e. The highest BCUT2D eigenvalue weighted by Gasteiger charge is 2.23. The third-order valence-electron chi connectivity index (χ3n) is 6.62. The Morgan fingerprint density at radius 3 is 0.921 bits per heavy atom. The van der Waals surface area contributed by atoms with Crippen LogP contribution in [-0.4, -0.2) is 85.2 Å². The van der Waals surface area contributed by atoms with Crippen LogP contribution in [0.25, 0.3) is 0 Å². The fraction of sp³-hybridized carbons (Fsp3) is 0.900. The SMILES string of the molecule is CC(=O)N[C@@H](CC(=O)[O-])C(=O)[O-].CCC[N+](CCC)(CCC)CCC.CCC[N+](CCC)(CCC)CCC. The number of carboxylic acid groups (broad SMARTS) is 2. The average Bonchev–Trinajstić information content (AvgIpc) is 2.80. The van der Waals surface area contributed by atoms with Gasteiger partial charge in [-0.05, 0) is 51.4 Å². The smallest absolute Gasteiger partial charge is 0.217 e. The molecular formula is C30H63N3O5. The summed E-state index contributed by atoms with van der Waals surface area (Å²) >= 11 is 0. The van der Waals surface area contributed by atoms with Crippen LogP contribution in [0, 0.1) is 0 Å². The Labute approximate surface area is 235 Å². The zero-order valence-corrected chi connectivity index (χ0v) is 26.5. The van der Waals surface area contributed by atoms with Gasteiger partial charge in [0.2, 0.25) is 5.91 Å². The van der Waals surface area contributed by atoms with E-state index in [1.54, 1.807) is 0 Å². The van der Waals surface area contributed by atoms with Crippen molar-refractivity contribution in [2.45, 2.75) is 126 Å². The topological polar surface area (TPSA) is 109 Å². The van der Waals surface area contributed by atoms with Gasteiger partial charge >= 0.3 is 0 Å². The minimum atomic E-state index is -1.64. The van der Waals surface area contributed by atoms with Crippen molar-refractivity contribution in [3.05, 3.63) is 0 Å². The third kappa shape index (κ3) is 21.3. The van der Waals surface area contributed by atoms with Crippen molar-refractivity contribution in [3.63, 3.8) is 0 Å². The molecule has 0 aromatic rings. The minimum Gasteiger partial charge on any atom is -0.550 e. The first-order chi connectivity index (χ1) is 17.9. The van der Waals surface area contributed by atoms with Crippen molar-refractivity contribution in [2.75, 3.05) is 52.4 Å². The number of aliphatic carboxylic acids is 2. The zero-order valence-electron chi connectivity index (χ0n) is 26.5. The quantitative estimate of drug-likeness (QED) is 0.236. The summed E-state index contributed by atoms with van der Waals surface area (Å²) in [5.41, 5.74) is 0. The van der Waals surface area contributed by atoms with Gasteiger partial charge in [-0.1, -0.05) is 55.4 Å². The molecule has 228 valence electrons. The van der Waals surface area contributed by atoms with Crippen LogP contribution in [0.15, 0.2) is 0 Å². The fourth-order valence-electron chi connectivity index (χ4n) is 5.74. The van der Waals surface area contributed by atoms with E-state index in [-0.39, 0.29) is 0 Å². The Morgan fingerprint density at radius 2 is 0.789 bits per heavy atom. The van der Waals surface area contributed by atoms with E-state index < -0.39 is 30.3 Å². The molecule has 8 heteroatoms. The molecule has 0 aromatic carbocycles. The van der Waals surface area contributed by atoms with Gasteiger partial charge < -0.3 is 34.1 Å². The Hall–Kier alpha value is -1.67. The number of carbonyl (C=O) groups is 3. The second-order valence-electron chi connectivity index (χ2n) is 10.6. The van der Waals surface area contributed by atoms with Crippen molar-refractivity contribution >= 4 is 17.8 Å². The van der Waals surface area contributed by atoms with E-state index in [1.165, 1.54) is 113 Å². The first-order valence-electron chi connectivity index (χ1n) is 15.3. The molecule has 38 heavy (non-hydrogen) atoms. The largest absolute Gasteiger partial charge is 0.550 e. The number of nitrogens with one attached hydrogen (secondary N) is 1. The number of rotatable bonds is 20. The van der Waals surface area contributed by atoms with Crippen LogP contribution in [0.3, 0.4) is 0 Å². The molecule has 0 heterocycles.